The number of hydrogen-bond donors (Lipinski definition) is 3. The largest absolute Gasteiger partial charge is 0.378 e. The molecule has 3 rings (SSSR count). The van der Waals surface area contributed by atoms with E-state index in [0.29, 0.717) is 30.8 Å². The highest BCUT2D eigenvalue weighted by Gasteiger charge is 2.62. The first kappa shape index (κ1) is 26.8. The van der Waals surface area contributed by atoms with Crippen LogP contribution >= 0.6 is 24.8 Å². The summed E-state index contributed by atoms with van der Waals surface area (Å²) in [6.45, 7) is 6.82. The molecule has 2 aromatic rings. The van der Waals surface area contributed by atoms with Gasteiger partial charge in [0.2, 0.25) is 5.91 Å². The average Bonchev–Trinajstić information content (AvgIpc) is 2.72. The van der Waals surface area contributed by atoms with Crippen LogP contribution in [0.5, 0.6) is 0 Å². The number of carbonyl (C=O) groups is 2. The maximum absolute atomic E-state index is 12.7. The number of aromatic nitrogens is 1. The van der Waals surface area contributed by atoms with E-state index in [1.165, 1.54) is 0 Å². The number of nitrogens with two attached hydrogens (primary N) is 1. The van der Waals surface area contributed by atoms with Crippen LogP contribution in [-0.2, 0) is 16.1 Å². The minimum absolute atomic E-state index is 0. The summed E-state index contributed by atoms with van der Waals surface area (Å²) < 4.78 is 5.68. The molecule has 2 atom stereocenters. The number of pyridine rings is 1. The number of carbonyl (C=O) groups excluding carboxylic acids is 2. The van der Waals surface area contributed by atoms with Gasteiger partial charge in [0, 0.05) is 48.6 Å². The van der Waals surface area contributed by atoms with Gasteiger partial charge >= 0.3 is 0 Å². The Morgan fingerprint density at radius 1 is 1.13 bits per heavy atom. The Morgan fingerprint density at radius 2 is 1.74 bits per heavy atom. The van der Waals surface area contributed by atoms with E-state index in [1.54, 1.807) is 36.7 Å². The lowest BCUT2D eigenvalue weighted by molar-refractivity contribution is -0.170. The standard InChI is InChI=1S/C22H28N4O3.2ClH/c1-4-29-18-13-22(23,21(18,2)3)20(28)25-14-15-5-7-16(8-6-15)19(27)26-17-9-11-24-12-10-17;;/h5-12,18H,4,13-14,23H2,1-3H3,(H,25,28)(H,24,26,27);2*1H. The monoisotopic (exact) mass is 468 g/mol. The van der Waals surface area contributed by atoms with E-state index in [2.05, 4.69) is 15.6 Å². The lowest BCUT2D eigenvalue weighted by atomic mass is 9.54. The molecule has 1 aromatic carbocycles. The van der Waals surface area contributed by atoms with Crippen LogP contribution in [0, 0.1) is 5.41 Å². The Balaban J connectivity index is 0.00000240. The molecule has 1 aliphatic carbocycles. The molecule has 31 heavy (non-hydrogen) atoms. The van der Waals surface area contributed by atoms with Gasteiger partial charge in [0.1, 0.15) is 5.54 Å². The highest BCUT2D eigenvalue weighted by molar-refractivity contribution is 6.04. The van der Waals surface area contributed by atoms with Gasteiger partial charge in [-0.25, -0.2) is 0 Å². The van der Waals surface area contributed by atoms with Crippen LogP contribution in [0.15, 0.2) is 48.8 Å². The fraction of sp³-hybridized carbons (Fsp3) is 0.409. The molecule has 1 aliphatic rings. The van der Waals surface area contributed by atoms with E-state index < -0.39 is 11.0 Å². The topological polar surface area (TPSA) is 106 Å². The summed E-state index contributed by atoms with van der Waals surface area (Å²) in [5, 5.41) is 5.73. The van der Waals surface area contributed by atoms with Crippen LogP contribution < -0.4 is 16.4 Å². The van der Waals surface area contributed by atoms with Gasteiger partial charge in [-0.05, 0) is 36.8 Å². The molecule has 7 nitrogen and oxygen atoms in total. The predicted octanol–water partition coefficient (Wildman–Crippen LogP) is 3.33. The third kappa shape index (κ3) is 5.54. The van der Waals surface area contributed by atoms with Crippen molar-refractivity contribution in [2.24, 2.45) is 11.1 Å². The van der Waals surface area contributed by atoms with Crippen molar-refractivity contribution in [2.75, 3.05) is 11.9 Å². The highest BCUT2D eigenvalue weighted by atomic mass is 35.5. The van der Waals surface area contributed by atoms with E-state index in [0.717, 1.165) is 5.56 Å². The van der Waals surface area contributed by atoms with Crippen molar-refractivity contribution in [2.45, 2.75) is 45.4 Å². The molecule has 0 spiro atoms. The molecule has 1 aromatic heterocycles. The molecule has 2 amide bonds. The molecule has 0 bridgehead atoms. The minimum atomic E-state index is -0.947. The van der Waals surface area contributed by atoms with Crippen LogP contribution in [0.4, 0.5) is 5.69 Å². The van der Waals surface area contributed by atoms with Crippen LogP contribution in [0.3, 0.4) is 0 Å². The van der Waals surface area contributed by atoms with Gasteiger partial charge in [0.15, 0.2) is 0 Å². The first-order valence-corrected chi connectivity index (χ1v) is 9.77. The fourth-order valence-corrected chi connectivity index (χ4v) is 3.57. The zero-order valence-electron chi connectivity index (χ0n) is 17.9. The quantitative estimate of drug-likeness (QED) is 0.577. The summed E-state index contributed by atoms with van der Waals surface area (Å²) in [6, 6.07) is 10.5. The number of halogens is 2. The Kier molecular flexibility index (Phi) is 9.44. The average molecular weight is 469 g/mol. The summed E-state index contributed by atoms with van der Waals surface area (Å²) in [6.07, 6.45) is 3.73. The summed E-state index contributed by atoms with van der Waals surface area (Å²) in [5.41, 5.74) is 7.13. The van der Waals surface area contributed by atoms with Crippen LogP contribution in [0.2, 0.25) is 0 Å². The SMILES string of the molecule is CCOC1CC(N)(C(=O)NCc2ccc(C(=O)Nc3ccncc3)cc2)C1(C)C.Cl.Cl. The van der Waals surface area contributed by atoms with E-state index in [1.807, 2.05) is 32.9 Å². The highest BCUT2D eigenvalue weighted by Crippen LogP contribution is 2.49. The molecule has 4 N–H and O–H groups in total. The summed E-state index contributed by atoms with van der Waals surface area (Å²) >= 11 is 0. The number of rotatable bonds is 7. The molecule has 1 saturated carbocycles. The molecule has 2 unspecified atom stereocenters. The summed E-state index contributed by atoms with van der Waals surface area (Å²) in [7, 11) is 0. The molecule has 9 heteroatoms. The number of hydrogen-bond acceptors (Lipinski definition) is 5. The smallest absolute Gasteiger partial charge is 0.255 e. The second-order valence-electron chi connectivity index (χ2n) is 7.91. The van der Waals surface area contributed by atoms with E-state index in [4.69, 9.17) is 10.5 Å². The van der Waals surface area contributed by atoms with Crippen LogP contribution in [0.1, 0.15) is 43.1 Å². The Labute approximate surface area is 195 Å². The molecular weight excluding hydrogens is 439 g/mol. The predicted molar refractivity (Wildman–Crippen MR) is 126 cm³/mol. The van der Waals surface area contributed by atoms with Gasteiger partial charge in [-0.1, -0.05) is 26.0 Å². The van der Waals surface area contributed by atoms with Gasteiger partial charge in [0.05, 0.1) is 6.10 Å². The number of ether oxygens (including phenoxy) is 1. The maximum Gasteiger partial charge on any atom is 0.255 e. The summed E-state index contributed by atoms with van der Waals surface area (Å²) in [5.74, 6) is -0.385. The Morgan fingerprint density at radius 3 is 2.29 bits per heavy atom. The van der Waals surface area contributed by atoms with Crippen molar-refractivity contribution in [3.8, 4) is 0 Å². The molecule has 0 radical (unpaired) electrons. The van der Waals surface area contributed by atoms with E-state index >= 15 is 0 Å². The molecular formula is C22H30Cl2N4O3. The van der Waals surface area contributed by atoms with Crippen molar-refractivity contribution < 1.29 is 14.3 Å². The molecule has 1 heterocycles. The van der Waals surface area contributed by atoms with Crippen LogP contribution in [-0.4, -0.2) is 35.0 Å². The second kappa shape index (κ2) is 10.9. The Hall–Kier alpha value is -2.19. The zero-order chi connectivity index (χ0) is 21.1. The first-order valence-electron chi connectivity index (χ1n) is 9.77. The van der Waals surface area contributed by atoms with Crippen LogP contribution in [0.25, 0.3) is 0 Å². The van der Waals surface area contributed by atoms with E-state index in [9.17, 15) is 9.59 Å². The lowest BCUT2D eigenvalue weighted by Crippen LogP contribution is -2.75. The molecule has 0 saturated heterocycles. The van der Waals surface area contributed by atoms with Gasteiger partial charge in [-0.15, -0.1) is 24.8 Å². The van der Waals surface area contributed by atoms with Gasteiger partial charge < -0.3 is 21.1 Å². The fourth-order valence-electron chi connectivity index (χ4n) is 3.57. The third-order valence-electron chi connectivity index (χ3n) is 5.84. The van der Waals surface area contributed by atoms with Crippen molar-refractivity contribution in [1.29, 1.82) is 0 Å². The number of nitrogens with one attached hydrogen (secondary N) is 2. The lowest BCUT2D eigenvalue weighted by Gasteiger charge is -2.57. The third-order valence-corrected chi connectivity index (χ3v) is 5.84. The first-order chi connectivity index (χ1) is 13.8. The molecule has 1 fully saturated rings. The number of nitrogens with zero attached hydrogens (tertiary/aromatic N) is 1. The van der Waals surface area contributed by atoms with Gasteiger partial charge in [-0.2, -0.15) is 0 Å². The van der Waals surface area contributed by atoms with Crippen molar-refractivity contribution in [1.82, 2.24) is 10.3 Å². The minimum Gasteiger partial charge on any atom is -0.378 e. The molecule has 0 aliphatic heterocycles. The van der Waals surface area contributed by atoms with Gasteiger partial charge in [0.25, 0.3) is 5.91 Å². The Bertz CT molecular complexity index is 878. The van der Waals surface area contributed by atoms with Crippen molar-refractivity contribution in [3.63, 3.8) is 0 Å². The number of amides is 2. The zero-order valence-corrected chi connectivity index (χ0v) is 19.5. The number of anilines is 1. The molecule has 170 valence electrons. The van der Waals surface area contributed by atoms with Gasteiger partial charge in [-0.3, -0.25) is 14.6 Å². The van der Waals surface area contributed by atoms with Crippen molar-refractivity contribution >= 4 is 42.3 Å². The van der Waals surface area contributed by atoms with Crippen molar-refractivity contribution in [3.05, 3.63) is 59.9 Å². The second-order valence-corrected chi connectivity index (χ2v) is 7.91. The summed E-state index contributed by atoms with van der Waals surface area (Å²) in [4.78, 5) is 28.9. The number of benzene rings is 1. The maximum atomic E-state index is 12.7. The normalized spacial score (nSPS) is 21.0. The van der Waals surface area contributed by atoms with E-state index in [-0.39, 0.29) is 42.7 Å².